The molecule has 1 saturated carbocycles. The second-order valence-corrected chi connectivity index (χ2v) is 7.13. The number of carboxylic acids is 1. The largest absolute Gasteiger partial charge is 0.506 e. The molecule has 2 heterocycles. The molecule has 1 aromatic carbocycles. The number of carbonyl (C=O) groups excluding carboxylic acids is 1. The normalized spacial score (nSPS) is 23.4. The first kappa shape index (κ1) is 16.0. The Morgan fingerprint density at radius 2 is 1.92 bits per heavy atom. The summed E-state index contributed by atoms with van der Waals surface area (Å²) < 4.78 is 0. The van der Waals surface area contributed by atoms with E-state index in [-0.39, 0.29) is 11.7 Å². The van der Waals surface area contributed by atoms with E-state index < -0.39 is 17.8 Å². The lowest BCUT2D eigenvalue weighted by Crippen LogP contribution is -2.44. The first-order valence-electron chi connectivity index (χ1n) is 8.89. The summed E-state index contributed by atoms with van der Waals surface area (Å²) in [7, 11) is 0. The summed E-state index contributed by atoms with van der Waals surface area (Å²) in [5, 5.41) is 20.4. The summed E-state index contributed by atoms with van der Waals surface area (Å²) in [6, 6.07) is 5.39. The van der Waals surface area contributed by atoms with Crippen molar-refractivity contribution >= 4 is 22.8 Å². The van der Waals surface area contributed by atoms with Crippen LogP contribution in [0.1, 0.15) is 36.9 Å². The Bertz CT molecular complexity index is 841. The fraction of sp³-hybridized carbons (Fsp3) is 0.474. The number of para-hydroxylation sites is 1. The number of H-pyrrole nitrogens is 1. The van der Waals surface area contributed by atoms with E-state index in [2.05, 4.69) is 4.98 Å². The number of aromatic amines is 1. The van der Waals surface area contributed by atoms with Gasteiger partial charge in [-0.15, -0.1) is 0 Å². The van der Waals surface area contributed by atoms with Gasteiger partial charge in [-0.1, -0.05) is 25.0 Å². The number of aromatic nitrogens is 1. The predicted molar refractivity (Wildman–Crippen MR) is 92.2 cm³/mol. The Labute approximate surface area is 145 Å². The standard InChI is InChI=1S/C19H22N2O4/c22-16-7-3-6-11-14-10-21(9-8-15(14)20-17(11)16)18(23)12-4-1-2-5-13(12)19(24)25/h3,6-7,12-13,20,22H,1-2,4-5,8-10H2,(H,24,25)/t12-,13-/m1/s1. The molecule has 0 bridgehead atoms. The number of hydrogen-bond donors (Lipinski definition) is 3. The van der Waals surface area contributed by atoms with Gasteiger partial charge in [0.05, 0.1) is 17.4 Å². The summed E-state index contributed by atoms with van der Waals surface area (Å²) in [6.07, 6.45) is 3.74. The van der Waals surface area contributed by atoms with Crippen LogP contribution in [-0.2, 0) is 22.6 Å². The highest BCUT2D eigenvalue weighted by atomic mass is 16.4. The van der Waals surface area contributed by atoms with E-state index in [1.807, 2.05) is 6.07 Å². The number of benzene rings is 1. The molecule has 132 valence electrons. The molecule has 0 radical (unpaired) electrons. The Hall–Kier alpha value is -2.50. The van der Waals surface area contributed by atoms with Crippen molar-refractivity contribution in [1.82, 2.24) is 9.88 Å². The van der Waals surface area contributed by atoms with Crippen molar-refractivity contribution in [2.24, 2.45) is 11.8 Å². The average Bonchev–Trinajstić information content (AvgIpc) is 3.00. The molecular formula is C19H22N2O4. The van der Waals surface area contributed by atoms with Gasteiger partial charge >= 0.3 is 5.97 Å². The van der Waals surface area contributed by atoms with E-state index in [4.69, 9.17) is 0 Å². The van der Waals surface area contributed by atoms with Gasteiger partial charge in [0.2, 0.25) is 5.91 Å². The zero-order valence-electron chi connectivity index (χ0n) is 14.0. The smallest absolute Gasteiger partial charge is 0.307 e. The lowest BCUT2D eigenvalue weighted by molar-refractivity contribution is -0.152. The van der Waals surface area contributed by atoms with Gasteiger partial charge in [0.1, 0.15) is 5.75 Å². The topological polar surface area (TPSA) is 93.6 Å². The number of phenolic OH excluding ortho intramolecular Hbond substituents is 1. The molecular weight excluding hydrogens is 320 g/mol. The first-order valence-corrected chi connectivity index (χ1v) is 8.89. The van der Waals surface area contributed by atoms with Crippen LogP contribution in [0.4, 0.5) is 0 Å². The highest BCUT2D eigenvalue weighted by Crippen LogP contribution is 2.35. The Balaban J connectivity index is 1.61. The van der Waals surface area contributed by atoms with Crippen LogP contribution in [-0.4, -0.2) is 38.5 Å². The molecule has 4 rings (SSSR count). The zero-order chi connectivity index (χ0) is 17.6. The van der Waals surface area contributed by atoms with E-state index in [1.54, 1.807) is 17.0 Å². The number of carbonyl (C=O) groups is 2. The second kappa shape index (κ2) is 6.10. The van der Waals surface area contributed by atoms with Crippen LogP contribution >= 0.6 is 0 Å². The number of aromatic hydroxyl groups is 1. The van der Waals surface area contributed by atoms with Crippen molar-refractivity contribution in [1.29, 1.82) is 0 Å². The molecule has 1 amide bonds. The Morgan fingerprint density at radius 1 is 1.16 bits per heavy atom. The number of fused-ring (bicyclic) bond motifs is 3. The van der Waals surface area contributed by atoms with E-state index in [9.17, 15) is 19.8 Å². The number of hydrogen-bond acceptors (Lipinski definition) is 3. The van der Waals surface area contributed by atoms with Crippen molar-refractivity contribution < 1.29 is 19.8 Å². The molecule has 3 N–H and O–H groups in total. The minimum Gasteiger partial charge on any atom is -0.506 e. The van der Waals surface area contributed by atoms with E-state index in [0.717, 1.165) is 29.5 Å². The highest BCUT2D eigenvalue weighted by Gasteiger charge is 2.38. The number of phenols is 1. The second-order valence-electron chi connectivity index (χ2n) is 7.13. The summed E-state index contributed by atoms with van der Waals surface area (Å²) in [5.41, 5.74) is 2.80. The number of aliphatic carboxylic acids is 1. The fourth-order valence-electron chi connectivity index (χ4n) is 4.37. The third-order valence-corrected chi connectivity index (χ3v) is 5.70. The Morgan fingerprint density at radius 3 is 2.68 bits per heavy atom. The molecule has 1 aromatic heterocycles. The number of nitrogens with one attached hydrogen (secondary N) is 1. The van der Waals surface area contributed by atoms with Crippen molar-refractivity contribution in [3.05, 3.63) is 29.5 Å². The lowest BCUT2D eigenvalue weighted by atomic mass is 9.78. The zero-order valence-corrected chi connectivity index (χ0v) is 14.0. The van der Waals surface area contributed by atoms with Gasteiger partial charge in [0, 0.05) is 36.2 Å². The number of nitrogens with zero attached hydrogens (tertiary/aromatic N) is 1. The van der Waals surface area contributed by atoms with Gasteiger partial charge < -0.3 is 20.1 Å². The van der Waals surface area contributed by atoms with Gasteiger partial charge in [0.25, 0.3) is 0 Å². The third kappa shape index (κ3) is 2.65. The average molecular weight is 342 g/mol. The van der Waals surface area contributed by atoms with E-state index >= 15 is 0 Å². The monoisotopic (exact) mass is 342 g/mol. The van der Waals surface area contributed by atoms with Crippen molar-refractivity contribution in [2.75, 3.05) is 6.54 Å². The van der Waals surface area contributed by atoms with E-state index in [1.165, 1.54) is 0 Å². The quantitative estimate of drug-likeness (QED) is 0.782. The molecule has 6 heteroatoms. The predicted octanol–water partition coefficient (Wildman–Crippen LogP) is 2.65. The summed E-state index contributed by atoms with van der Waals surface area (Å²) >= 11 is 0. The fourth-order valence-corrected chi connectivity index (χ4v) is 4.37. The van der Waals surface area contributed by atoms with Gasteiger partial charge in [-0.3, -0.25) is 9.59 Å². The molecule has 0 unspecified atom stereocenters. The van der Waals surface area contributed by atoms with Crippen LogP contribution in [0.3, 0.4) is 0 Å². The maximum atomic E-state index is 13.0. The summed E-state index contributed by atoms with van der Waals surface area (Å²) in [4.78, 5) is 29.6. The van der Waals surface area contributed by atoms with Crippen LogP contribution < -0.4 is 0 Å². The minimum atomic E-state index is -0.854. The van der Waals surface area contributed by atoms with Crippen molar-refractivity contribution in [2.45, 2.75) is 38.6 Å². The van der Waals surface area contributed by atoms with Crippen LogP contribution in [0, 0.1) is 11.8 Å². The van der Waals surface area contributed by atoms with Gasteiger partial charge in [-0.05, 0) is 18.9 Å². The molecule has 1 aliphatic carbocycles. The highest BCUT2D eigenvalue weighted by molar-refractivity contribution is 5.91. The lowest BCUT2D eigenvalue weighted by Gasteiger charge is -2.34. The van der Waals surface area contributed by atoms with Crippen LogP contribution in [0.25, 0.3) is 10.9 Å². The van der Waals surface area contributed by atoms with Gasteiger partial charge in [-0.25, -0.2) is 0 Å². The van der Waals surface area contributed by atoms with Crippen LogP contribution in [0.15, 0.2) is 18.2 Å². The molecule has 0 spiro atoms. The van der Waals surface area contributed by atoms with Crippen molar-refractivity contribution in [3.63, 3.8) is 0 Å². The first-order chi connectivity index (χ1) is 12.1. The SMILES string of the molecule is O=C(O)[C@@H]1CCCC[C@H]1C(=O)N1CCc2[nH]c3c(O)cccc3c2C1. The molecule has 2 atom stereocenters. The van der Waals surface area contributed by atoms with E-state index in [0.29, 0.717) is 37.9 Å². The molecule has 2 aromatic rings. The summed E-state index contributed by atoms with van der Waals surface area (Å²) in [6.45, 7) is 1.06. The number of rotatable bonds is 2. The third-order valence-electron chi connectivity index (χ3n) is 5.70. The molecule has 1 fully saturated rings. The molecule has 2 aliphatic rings. The summed E-state index contributed by atoms with van der Waals surface area (Å²) in [5.74, 6) is -1.65. The maximum Gasteiger partial charge on any atom is 0.307 e. The van der Waals surface area contributed by atoms with Crippen LogP contribution in [0.2, 0.25) is 0 Å². The number of carboxylic acid groups (broad SMARTS) is 1. The molecule has 0 saturated heterocycles. The molecule has 25 heavy (non-hydrogen) atoms. The van der Waals surface area contributed by atoms with Gasteiger partial charge in [0.15, 0.2) is 0 Å². The van der Waals surface area contributed by atoms with Crippen LogP contribution in [0.5, 0.6) is 5.75 Å². The molecule has 6 nitrogen and oxygen atoms in total. The van der Waals surface area contributed by atoms with Gasteiger partial charge in [-0.2, -0.15) is 0 Å². The minimum absolute atomic E-state index is 0.0350. The maximum absolute atomic E-state index is 13.0. The van der Waals surface area contributed by atoms with Crippen molar-refractivity contribution in [3.8, 4) is 5.75 Å². The Kier molecular flexibility index (Phi) is 3.90. The molecule has 1 aliphatic heterocycles. The number of amides is 1.